The van der Waals surface area contributed by atoms with Gasteiger partial charge in [-0.2, -0.15) is 0 Å². The summed E-state index contributed by atoms with van der Waals surface area (Å²) in [4.78, 5) is 2.72. The van der Waals surface area contributed by atoms with Crippen molar-refractivity contribution in [2.45, 2.75) is 44.2 Å². The Labute approximate surface area is 113 Å². The molecule has 0 aromatic heterocycles. The quantitative estimate of drug-likeness (QED) is 0.713. The molecule has 1 aromatic rings. The van der Waals surface area contributed by atoms with Crippen LogP contribution in [0.15, 0.2) is 12.1 Å². The topological polar surface area (TPSA) is 21.7 Å². The molecule has 3 nitrogen and oxygen atoms in total. The minimum atomic E-state index is 0.388. The van der Waals surface area contributed by atoms with Crippen molar-refractivity contribution in [3.63, 3.8) is 0 Å². The molecule has 1 aliphatic carbocycles. The summed E-state index contributed by atoms with van der Waals surface area (Å²) in [5.41, 5.74) is 3.03. The van der Waals surface area contributed by atoms with Gasteiger partial charge in [-0.15, -0.1) is 0 Å². The van der Waals surface area contributed by atoms with E-state index >= 15 is 0 Å². The Morgan fingerprint density at radius 3 is 2.89 bits per heavy atom. The second kappa shape index (κ2) is 3.66. The van der Waals surface area contributed by atoms with E-state index in [1.165, 1.54) is 37.8 Å². The zero-order valence-corrected chi connectivity index (χ0v) is 11.1. The summed E-state index contributed by atoms with van der Waals surface area (Å²) in [5.74, 6) is 3.59. The summed E-state index contributed by atoms with van der Waals surface area (Å²) in [6.07, 6.45) is 5.59. The standard InChI is InChI=1S/C16H19NO2/c1-2-10-4-5-17-8-11-6-14-15(19-9-18-14)7-13(11)12(3-1)16(10)17/h6-7,10,12,16H,1-5,8-9H2/t10-,12+,16+/m1/s1. The Bertz CT molecular complexity index is 542. The van der Waals surface area contributed by atoms with E-state index < -0.39 is 0 Å². The van der Waals surface area contributed by atoms with E-state index in [0.29, 0.717) is 6.79 Å². The average Bonchev–Trinajstić information content (AvgIpc) is 3.05. The molecule has 5 rings (SSSR count). The van der Waals surface area contributed by atoms with E-state index in [1.54, 1.807) is 5.56 Å². The van der Waals surface area contributed by atoms with Crippen LogP contribution in [-0.4, -0.2) is 24.3 Å². The second-order valence-corrected chi connectivity index (χ2v) is 6.45. The van der Waals surface area contributed by atoms with Crippen LogP contribution in [-0.2, 0) is 6.54 Å². The molecule has 2 fully saturated rings. The maximum atomic E-state index is 5.58. The van der Waals surface area contributed by atoms with Crippen LogP contribution in [0.4, 0.5) is 0 Å². The molecule has 0 amide bonds. The second-order valence-electron chi connectivity index (χ2n) is 6.45. The van der Waals surface area contributed by atoms with Gasteiger partial charge in [0.15, 0.2) is 11.5 Å². The third-order valence-corrected chi connectivity index (χ3v) is 5.60. The van der Waals surface area contributed by atoms with E-state index in [1.807, 2.05) is 0 Å². The molecule has 19 heavy (non-hydrogen) atoms. The lowest BCUT2D eigenvalue weighted by Crippen LogP contribution is -2.43. The van der Waals surface area contributed by atoms with Crippen LogP contribution in [0.3, 0.4) is 0 Å². The van der Waals surface area contributed by atoms with Crippen molar-refractivity contribution < 1.29 is 9.47 Å². The molecule has 3 atom stereocenters. The summed E-state index contributed by atoms with van der Waals surface area (Å²) in [6, 6.07) is 5.32. The minimum absolute atomic E-state index is 0.388. The van der Waals surface area contributed by atoms with Gasteiger partial charge in [-0.25, -0.2) is 0 Å². The van der Waals surface area contributed by atoms with Gasteiger partial charge in [-0.3, -0.25) is 4.90 Å². The van der Waals surface area contributed by atoms with Crippen molar-refractivity contribution in [2.75, 3.05) is 13.3 Å². The lowest BCUT2D eigenvalue weighted by Gasteiger charge is -2.43. The number of nitrogens with zero attached hydrogens (tertiary/aromatic N) is 1. The van der Waals surface area contributed by atoms with Gasteiger partial charge in [0, 0.05) is 18.5 Å². The molecule has 1 aromatic carbocycles. The Kier molecular flexibility index (Phi) is 2.03. The van der Waals surface area contributed by atoms with Crippen molar-refractivity contribution >= 4 is 0 Å². The molecule has 3 heterocycles. The van der Waals surface area contributed by atoms with Crippen molar-refractivity contribution in [1.82, 2.24) is 4.90 Å². The first-order chi connectivity index (χ1) is 9.40. The van der Waals surface area contributed by atoms with Crippen molar-refractivity contribution in [2.24, 2.45) is 5.92 Å². The minimum Gasteiger partial charge on any atom is -0.454 e. The summed E-state index contributed by atoms with van der Waals surface area (Å²) in [5, 5.41) is 0. The van der Waals surface area contributed by atoms with Crippen LogP contribution >= 0.6 is 0 Å². The first-order valence-corrected chi connectivity index (χ1v) is 7.56. The molecular formula is C16H19NO2. The molecule has 3 aliphatic heterocycles. The van der Waals surface area contributed by atoms with Gasteiger partial charge in [-0.1, -0.05) is 6.42 Å². The highest BCUT2D eigenvalue weighted by Crippen LogP contribution is 2.51. The van der Waals surface area contributed by atoms with Gasteiger partial charge in [0.1, 0.15) is 0 Å². The number of ether oxygens (including phenoxy) is 2. The molecule has 0 unspecified atom stereocenters. The van der Waals surface area contributed by atoms with E-state index in [4.69, 9.17) is 9.47 Å². The summed E-state index contributed by atoms with van der Waals surface area (Å²) < 4.78 is 11.1. The molecule has 0 radical (unpaired) electrons. The molecule has 1 saturated heterocycles. The SMILES string of the molecule is c1c2c(cc3c1OCO3)[C@@H]1CCC[C@@H]3CCN(C2)[C@@H]31. The smallest absolute Gasteiger partial charge is 0.231 e. The Morgan fingerprint density at radius 2 is 1.95 bits per heavy atom. The number of hydrogen-bond donors (Lipinski definition) is 0. The number of fused-ring (bicyclic) bond motifs is 3. The highest BCUT2D eigenvalue weighted by Gasteiger charge is 2.45. The van der Waals surface area contributed by atoms with Gasteiger partial charge < -0.3 is 9.47 Å². The van der Waals surface area contributed by atoms with Gasteiger partial charge in [0.05, 0.1) is 0 Å². The third-order valence-electron chi connectivity index (χ3n) is 5.60. The van der Waals surface area contributed by atoms with E-state index in [-0.39, 0.29) is 0 Å². The van der Waals surface area contributed by atoms with Gasteiger partial charge in [0.25, 0.3) is 0 Å². The van der Waals surface area contributed by atoms with Crippen LogP contribution in [0.5, 0.6) is 11.5 Å². The molecule has 1 saturated carbocycles. The Hall–Kier alpha value is -1.22. The Morgan fingerprint density at radius 1 is 1.05 bits per heavy atom. The molecule has 4 aliphatic rings. The van der Waals surface area contributed by atoms with E-state index in [2.05, 4.69) is 17.0 Å². The fourth-order valence-electron chi connectivity index (χ4n) is 4.84. The van der Waals surface area contributed by atoms with E-state index in [9.17, 15) is 0 Å². The summed E-state index contributed by atoms with van der Waals surface area (Å²) in [6.45, 7) is 2.79. The normalized spacial score (nSPS) is 35.1. The first kappa shape index (κ1) is 10.6. The summed E-state index contributed by atoms with van der Waals surface area (Å²) in [7, 11) is 0. The first-order valence-electron chi connectivity index (χ1n) is 7.56. The largest absolute Gasteiger partial charge is 0.454 e. The molecule has 0 N–H and O–H groups in total. The zero-order chi connectivity index (χ0) is 12.4. The van der Waals surface area contributed by atoms with Crippen molar-refractivity contribution in [3.8, 4) is 11.5 Å². The maximum absolute atomic E-state index is 5.58. The van der Waals surface area contributed by atoms with Crippen LogP contribution in [0, 0.1) is 5.92 Å². The van der Waals surface area contributed by atoms with E-state index in [0.717, 1.165) is 35.9 Å². The van der Waals surface area contributed by atoms with Crippen LogP contribution in [0.2, 0.25) is 0 Å². The highest BCUT2D eigenvalue weighted by atomic mass is 16.7. The summed E-state index contributed by atoms with van der Waals surface area (Å²) >= 11 is 0. The molecular weight excluding hydrogens is 238 g/mol. The molecule has 0 bridgehead atoms. The van der Waals surface area contributed by atoms with Crippen molar-refractivity contribution in [3.05, 3.63) is 23.3 Å². The van der Waals surface area contributed by atoms with Gasteiger partial charge >= 0.3 is 0 Å². The maximum Gasteiger partial charge on any atom is 0.231 e. The Balaban J connectivity index is 1.65. The highest BCUT2D eigenvalue weighted by molar-refractivity contribution is 5.51. The molecule has 100 valence electrons. The molecule has 0 spiro atoms. The van der Waals surface area contributed by atoms with Crippen LogP contribution in [0.25, 0.3) is 0 Å². The van der Waals surface area contributed by atoms with Crippen LogP contribution in [0.1, 0.15) is 42.7 Å². The fraction of sp³-hybridized carbons (Fsp3) is 0.625. The van der Waals surface area contributed by atoms with Crippen molar-refractivity contribution in [1.29, 1.82) is 0 Å². The lowest BCUT2D eigenvalue weighted by atomic mass is 9.71. The van der Waals surface area contributed by atoms with Gasteiger partial charge in [0.2, 0.25) is 6.79 Å². The number of rotatable bonds is 0. The van der Waals surface area contributed by atoms with Crippen LogP contribution < -0.4 is 9.47 Å². The average molecular weight is 257 g/mol. The monoisotopic (exact) mass is 257 g/mol. The number of hydrogen-bond acceptors (Lipinski definition) is 3. The fourth-order valence-corrected chi connectivity index (χ4v) is 4.84. The lowest BCUT2D eigenvalue weighted by molar-refractivity contribution is 0.134. The molecule has 3 heteroatoms. The third kappa shape index (κ3) is 1.37. The zero-order valence-electron chi connectivity index (χ0n) is 11.1. The predicted octanol–water partition coefficient (Wildman–Crippen LogP) is 2.89. The van der Waals surface area contributed by atoms with Gasteiger partial charge in [-0.05, 0) is 55.0 Å². The predicted molar refractivity (Wildman–Crippen MR) is 71.5 cm³/mol. The number of benzene rings is 1.